The predicted molar refractivity (Wildman–Crippen MR) is 101 cm³/mol. The molecule has 4 rings (SSSR count). The van der Waals surface area contributed by atoms with Crippen molar-refractivity contribution >= 4 is 28.9 Å². The van der Waals surface area contributed by atoms with E-state index in [1.807, 2.05) is 6.07 Å². The Bertz CT molecular complexity index is 910. The monoisotopic (exact) mass is 391 g/mol. The van der Waals surface area contributed by atoms with Crippen LogP contribution in [0.2, 0.25) is 5.02 Å². The highest BCUT2D eigenvalue weighted by Crippen LogP contribution is 2.36. The largest absolute Gasteiger partial charge is 0.352 e. The number of aromatic nitrogens is 2. The van der Waals surface area contributed by atoms with Gasteiger partial charge in [0.05, 0.1) is 16.5 Å². The molecule has 9 heteroatoms. The van der Waals surface area contributed by atoms with E-state index in [0.717, 1.165) is 17.7 Å². The van der Waals surface area contributed by atoms with Gasteiger partial charge in [-0.25, -0.2) is 9.37 Å². The van der Waals surface area contributed by atoms with Crippen LogP contribution in [-0.4, -0.2) is 40.7 Å². The van der Waals surface area contributed by atoms with Crippen LogP contribution in [0.15, 0.2) is 18.3 Å². The highest BCUT2D eigenvalue weighted by atomic mass is 35.5. The first-order chi connectivity index (χ1) is 12.9. The first-order valence-electron chi connectivity index (χ1n) is 8.85. The fraction of sp³-hybridized carbons (Fsp3) is 0.444. The van der Waals surface area contributed by atoms with Gasteiger partial charge >= 0.3 is 5.69 Å². The second-order valence-electron chi connectivity index (χ2n) is 6.99. The summed E-state index contributed by atoms with van der Waals surface area (Å²) in [4.78, 5) is 23.8. The summed E-state index contributed by atoms with van der Waals surface area (Å²) in [5, 5.41) is 12.2. The highest BCUT2D eigenvalue weighted by Gasteiger charge is 2.32. The van der Waals surface area contributed by atoms with Crippen LogP contribution in [0.3, 0.4) is 0 Å². The van der Waals surface area contributed by atoms with Crippen molar-refractivity contribution in [1.29, 1.82) is 0 Å². The molecular formula is C18H19ClFN5O2. The van der Waals surface area contributed by atoms with E-state index in [1.54, 1.807) is 24.1 Å². The molecule has 1 fully saturated rings. The second-order valence-corrected chi connectivity index (χ2v) is 7.43. The van der Waals surface area contributed by atoms with Crippen molar-refractivity contribution in [3.8, 4) is 0 Å². The average Bonchev–Trinajstić information content (AvgIpc) is 3.06. The molecule has 0 N–H and O–H groups in total. The van der Waals surface area contributed by atoms with E-state index in [-0.39, 0.29) is 18.1 Å². The quantitative estimate of drug-likeness (QED) is 0.589. The minimum Gasteiger partial charge on any atom is -0.352 e. The van der Waals surface area contributed by atoms with Crippen molar-refractivity contribution < 1.29 is 9.31 Å². The van der Waals surface area contributed by atoms with Crippen molar-refractivity contribution in [3.63, 3.8) is 0 Å². The number of pyridine rings is 2. The maximum Gasteiger partial charge on any atom is 0.314 e. The number of nitro groups is 1. The summed E-state index contributed by atoms with van der Waals surface area (Å²) < 4.78 is 13.7. The van der Waals surface area contributed by atoms with Gasteiger partial charge in [0.2, 0.25) is 5.82 Å². The fourth-order valence-electron chi connectivity index (χ4n) is 3.74. The smallest absolute Gasteiger partial charge is 0.314 e. The van der Waals surface area contributed by atoms with Gasteiger partial charge in [0.25, 0.3) is 0 Å². The van der Waals surface area contributed by atoms with Crippen molar-refractivity contribution in [2.45, 2.75) is 32.5 Å². The van der Waals surface area contributed by atoms with E-state index >= 15 is 0 Å². The fourth-order valence-corrected chi connectivity index (χ4v) is 3.92. The summed E-state index contributed by atoms with van der Waals surface area (Å²) in [6, 6.07) is 3.62. The Kier molecular flexibility index (Phi) is 4.59. The second kappa shape index (κ2) is 6.92. The summed E-state index contributed by atoms with van der Waals surface area (Å²) in [5.74, 6) is 0.909. The zero-order valence-corrected chi connectivity index (χ0v) is 15.6. The third-order valence-corrected chi connectivity index (χ3v) is 5.30. The van der Waals surface area contributed by atoms with Crippen LogP contribution >= 0.6 is 11.6 Å². The maximum absolute atomic E-state index is 13.7. The first-order valence-corrected chi connectivity index (χ1v) is 9.23. The summed E-state index contributed by atoms with van der Waals surface area (Å²) in [7, 11) is 0. The van der Waals surface area contributed by atoms with Crippen molar-refractivity contribution in [1.82, 2.24) is 9.97 Å². The molecule has 27 heavy (non-hydrogen) atoms. The number of halogens is 2. The lowest BCUT2D eigenvalue weighted by atomic mass is 10.1. The normalized spacial score (nSPS) is 19.3. The SMILES string of the molecule is Cc1cc(N2CCc3ncc(Cl)cc3C2)nc(N2CC[C@@H](F)C2)c1[N+](=O)[O-]. The Labute approximate surface area is 160 Å². The summed E-state index contributed by atoms with van der Waals surface area (Å²) in [5.41, 5.74) is 2.51. The van der Waals surface area contributed by atoms with Gasteiger partial charge in [0.15, 0.2) is 0 Å². The van der Waals surface area contributed by atoms with Gasteiger partial charge in [-0.15, -0.1) is 0 Å². The number of aryl methyl sites for hydroxylation is 1. The van der Waals surface area contributed by atoms with Crippen LogP contribution in [0.25, 0.3) is 0 Å². The summed E-state index contributed by atoms with van der Waals surface area (Å²) in [6.45, 7) is 3.56. The van der Waals surface area contributed by atoms with Gasteiger partial charge in [-0.3, -0.25) is 15.1 Å². The molecular weight excluding hydrogens is 373 g/mol. The van der Waals surface area contributed by atoms with Crippen molar-refractivity contribution in [2.75, 3.05) is 29.4 Å². The molecule has 2 aliphatic heterocycles. The topological polar surface area (TPSA) is 75.4 Å². The standard InChI is InChI=1S/C18H19ClFN5O2/c1-11-6-16(23-5-3-15-12(9-23)7-13(19)8-21-15)22-18(17(11)25(26)27)24-4-2-14(20)10-24/h6-8,14H,2-5,9-10H2,1H3/t14-/m1/s1. The molecule has 0 saturated carbocycles. The van der Waals surface area contributed by atoms with Gasteiger partial charge in [-0.2, -0.15) is 0 Å². The molecule has 2 aliphatic rings. The van der Waals surface area contributed by atoms with Crippen LogP contribution in [-0.2, 0) is 13.0 Å². The van der Waals surface area contributed by atoms with Gasteiger partial charge in [-0.1, -0.05) is 11.6 Å². The number of hydrogen-bond donors (Lipinski definition) is 0. The molecule has 2 aromatic rings. The lowest BCUT2D eigenvalue weighted by molar-refractivity contribution is -0.384. The lowest BCUT2D eigenvalue weighted by Crippen LogP contribution is -2.32. The number of rotatable bonds is 3. The Morgan fingerprint density at radius 2 is 2.15 bits per heavy atom. The van der Waals surface area contributed by atoms with Gasteiger partial charge in [-0.05, 0) is 31.0 Å². The molecule has 1 saturated heterocycles. The number of fused-ring (bicyclic) bond motifs is 1. The summed E-state index contributed by atoms with van der Waals surface area (Å²) in [6.07, 6.45) is 1.77. The molecule has 0 amide bonds. The molecule has 0 aliphatic carbocycles. The molecule has 0 radical (unpaired) electrons. The molecule has 0 spiro atoms. The molecule has 0 bridgehead atoms. The van der Waals surface area contributed by atoms with Crippen LogP contribution in [0.1, 0.15) is 23.2 Å². The Morgan fingerprint density at radius 3 is 2.85 bits per heavy atom. The highest BCUT2D eigenvalue weighted by molar-refractivity contribution is 6.30. The van der Waals surface area contributed by atoms with E-state index in [1.165, 1.54) is 0 Å². The Morgan fingerprint density at radius 1 is 1.33 bits per heavy atom. The molecule has 4 heterocycles. The zero-order valence-electron chi connectivity index (χ0n) is 14.9. The number of hydrogen-bond acceptors (Lipinski definition) is 6. The molecule has 1 atom stereocenters. The number of nitrogens with zero attached hydrogens (tertiary/aromatic N) is 5. The Balaban J connectivity index is 1.71. The van der Waals surface area contributed by atoms with Crippen LogP contribution in [0.4, 0.5) is 21.7 Å². The van der Waals surface area contributed by atoms with E-state index in [4.69, 9.17) is 11.6 Å². The third kappa shape index (κ3) is 3.41. The minimum absolute atomic E-state index is 0.0463. The van der Waals surface area contributed by atoms with E-state index < -0.39 is 11.1 Å². The zero-order chi connectivity index (χ0) is 19.1. The van der Waals surface area contributed by atoms with Crippen LogP contribution < -0.4 is 9.80 Å². The van der Waals surface area contributed by atoms with Gasteiger partial charge in [0, 0.05) is 43.5 Å². The van der Waals surface area contributed by atoms with Crippen molar-refractivity contribution in [2.24, 2.45) is 0 Å². The molecule has 2 aromatic heterocycles. The molecule has 142 valence electrons. The van der Waals surface area contributed by atoms with E-state index in [9.17, 15) is 14.5 Å². The van der Waals surface area contributed by atoms with Crippen LogP contribution in [0, 0.1) is 17.0 Å². The predicted octanol–water partition coefficient (Wildman–Crippen LogP) is 3.46. The van der Waals surface area contributed by atoms with Gasteiger partial charge in [0.1, 0.15) is 12.0 Å². The molecule has 7 nitrogen and oxygen atoms in total. The lowest BCUT2D eigenvalue weighted by Gasteiger charge is -2.30. The van der Waals surface area contributed by atoms with Crippen molar-refractivity contribution in [3.05, 3.63) is 50.3 Å². The number of anilines is 2. The first kappa shape index (κ1) is 17.9. The maximum atomic E-state index is 13.7. The number of alkyl halides is 1. The molecule has 0 unspecified atom stereocenters. The third-order valence-electron chi connectivity index (χ3n) is 5.09. The average molecular weight is 392 g/mol. The van der Waals surface area contributed by atoms with Gasteiger partial charge < -0.3 is 9.80 Å². The Hall–Kier alpha value is -2.48. The minimum atomic E-state index is -0.981. The summed E-state index contributed by atoms with van der Waals surface area (Å²) >= 11 is 6.06. The van der Waals surface area contributed by atoms with E-state index in [2.05, 4.69) is 14.9 Å². The van der Waals surface area contributed by atoms with Crippen LogP contribution in [0.5, 0.6) is 0 Å². The van der Waals surface area contributed by atoms with E-state index in [0.29, 0.717) is 42.5 Å². The molecule has 0 aromatic carbocycles.